The Morgan fingerprint density at radius 1 is 0.932 bits per heavy atom. The summed E-state index contributed by atoms with van der Waals surface area (Å²) in [7, 11) is -3.63. The van der Waals surface area contributed by atoms with Gasteiger partial charge in [-0.1, -0.05) is 59.6 Å². The van der Waals surface area contributed by atoms with Gasteiger partial charge in [0, 0.05) is 31.5 Å². The number of amides is 2. The average molecular weight is 663 g/mol. The quantitative estimate of drug-likeness (QED) is 0.213. The normalized spacial score (nSPS) is 12.3. The molecule has 0 heterocycles. The van der Waals surface area contributed by atoms with E-state index in [9.17, 15) is 18.0 Å². The lowest BCUT2D eigenvalue weighted by Crippen LogP contribution is -2.54. The summed E-state index contributed by atoms with van der Waals surface area (Å²) in [6.45, 7) is 8.21. The maximum absolute atomic E-state index is 14.0. The first-order valence-electron chi connectivity index (χ1n) is 14.5. The molecule has 1 N–H and O–H groups in total. The van der Waals surface area contributed by atoms with Gasteiger partial charge in [-0.3, -0.25) is 13.9 Å². The zero-order valence-electron chi connectivity index (χ0n) is 25.8. The third kappa shape index (κ3) is 10.7. The SMILES string of the molecule is CCOc1ccc(N(CCCC(=O)N(Cc2ccc(Cl)c(Cl)c2)[C@@H](Cc2ccccc2)C(=O)NC(C)(C)C)S(C)(=O)=O)cc1. The third-order valence-corrected chi connectivity index (χ3v) is 8.63. The smallest absolute Gasteiger partial charge is 0.243 e. The van der Waals surface area contributed by atoms with Crippen LogP contribution in [0.5, 0.6) is 5.75 Å². The summed E-state index contributed by atoms with van der Waals surface area (Å²) >= 11 is 12.4. The molecule has 3 aromatic rings. The molecule has 238 valence electrons. The lowest BCUT2D eigenvalue weighted by atomic mass is 10.00. The Balaban J connectivity index is 1.90. The monoisotopic (exact) mass is 661 g/mol. The van der Waals surface area contributed by atoms with Gasteiger partial charge < -0.3 is 15.0 Å². The summed E-state index contributed by atoms with van der Waals surface area (Å²) in [6, 6.07) is 20.6. The van der Waals surface area contributed by atoms with Gasteiger partial charge in [0.2, 0.25) is 21.8 Å². The van der Waals surface area contributed by atoms with Crippen LogP contribution in [0, 0.1) is 0 Å². The fourth-order valence-corrected chi connectivity index (χ4v) is 6.01. The second-order valence-electron chi connectivity index (χ2n) is 11.6. The molecule has 0 unspecified atom stereocenters. The number of ether oxygens (including phenoxy) is 1. The number of nitrogens with one attached hydrogen (secondary N) is 1. The molecule has 0 bridgehead atoms. The number of halogens is 2. The number of nitrogens with zero attached hydrogens (tertiary/aromatic N) is 2. The number of carbonyl (C=O) groups is 2. The maximum Gasteiger partial charge on any atom is 0.243 e. The van der Waals surface area contributed by atoms with E-state index in [0.717, 1.165) is 11.8 Å². The lowest BCUT2D eigenvalue weighted by Gasteiger charge is -2.34. The van der Waals surface area contributed by atoms with Gasteiger partial charge >= 0.3 is 0 Å². The first-order chi connectivity index (χ1) is 20.7. The molecule has 3 aromatic carbocycles. The topological polar surface area (TPSA) is 96.0 Å². The van der Waals surface area contributed by atoms with Crippen LogP contribution >= 0.6 is 23.2 Å². The Morgan fingerprint density at radius 2 is 1.59 bits per heavy atom. The molecule has 2 amide bonds. The van der Waals surface area contributed by atoms with Crippen molar-refractivity contribution in [2.24, 2.45) is 0 Å². The zero-order chi connectivity index (χ0) is 32.5. The summed E-state index contributed by atoms with van der Waals surface area (Å²) in [5, 5.41) is 3.76. The van der Waals surface area contributed by atoms with Crippen LogP contribution in [0.15, 0.2) is 72.8 Å². The lowest BCUT2D eigenvalue weighted by molar-refractivity contribution is -0.142. The van der Waals surface area contributed by atoms with Gasteiger partial charge in [0.25, 0.3) is 0 Å². The van der Waals surface area contributed by atoms with E-state index in [1.54, 1.807) is 47.4 Å². The van der Waals surface area contributed by atoms with Crippen molar-refractivity contribution in [2.45, 2.75) is 65.1 Å². The van der Waals surface area contributed by atoms with Crippen LogP contribution in [-0.2, 0) is 32.6 Å². The first-order valence-corrected chi connectivity index (χ1v) is 17.1. The van der Waals surface area contributed by atoms with Gasteiger partial charge in [-0.25, -0.2) is 8.42 Å². The van der Waals surface area contributed by atoms with E-state index < -0.39 is 21.6 Å². The summed E-state index contributed by atoms with van der Waals surface area (Å²) in [4.78, 5) is 29.3. The van der Waals surface area contributed by atoms with Crippen LogP contribution < -0.4 is 14.4 Å². The van der Waals surface area contributed by atoms with Crippen molar-refractivity contribution < 1.29 is 22.7 Å². The highest BCUT2D eigenvalue weighted by Gasteiger charge is 2.32. The highest BCUT2D eigenvalue weighted by atomic mass is 35.5. The summed E-state index contributed by atoms with van der Waals surface area (Å²) in [5.41, 5.74) is 1.55. The molecule has 0 aliphatic rings. The van der Waals surface area contributed by atoms with Crippen molar-refractivity contribution >= 4 is 50.7 Å². The third-order valence-electron chi connectivity index (χ3n) is 6.69. The van der Waals surface area contributed by atoms with Crippen molar-refractivity contribution in [1.82, 2.24) is 10.2 Å². The molecule has 11 heteroatoms. The molecule has 0 radical (unpaired) electrons. The van der Waals surface area contributed by atoms with Crippen LogP contribution in [0.4, 0.5) is 5.69 Å². The van der Waals surface area contributed by atoms with Crippen molar-refractivity contribution in [3.8, 4) is 5.75 Å². The van der Waals surface area contributed by atoms with Gasteiger partial charge in [-0.2, -0.15) is 0 Å². The Labute approximate surface area is 271 Å². The van der Waals surface area contributed by atoms with Crippen LogP contribution in [-0.4, -0.2) is 56.1 Å². The minimum absolute atomic E-state index is 0.0124. The summed E-state index contributed by atoms with van der Waals surface area (Å²) in [5.74, 6) is 0.0546. The molecular formula is C33H41Cl2N3O5S. The number of benzene rings is 3. The second kappa shape index (κ2) is 15.6. The summed E-state index contributed by atoms with van der Waals surface area (Å²) < 4.78 is 32.2. The Bertz CT molecular complexity index is 1510. The van der Waals surface area contributed by atoms with E-state index in [0.29, 0.717) is 33.7 Å². The van der Waals surface area contributed by atoms with Crippen molar-refractivity contribution in [3.05, 3.63) is 94.0 Å². The molecule has 0 saturated carbocycles. The predicted octanol–water partition coefficient (Wildman–Crippen LogP) is 6.49. The number of hydrogen-bond donors (Lipinski definition) is 1. The van der Waals surface area contributed by atoms with Crippen LogP contribution in [0.25, 0.3) is 0 Å². The van der Waals surface area contributed by atoms with Gasteiger partial charge in [0.1, 0.15) is 11.8 Å². The molecule has 1 atom stereocenters. The van der Waals surface area contributed by atoms with E-state index in [1.807, 2.05) is 58.0 Å². The highest BCUT2D eigenvalue weighted by Crippen LogP contribution is 2.26. The molecular weight excluding hydrogens is 621 g/mol. The van der Waals surface area contributed by atoms with Crippen LogP contribution in [0.1, 0.15) is 51.7 Å². The number of sulfonamides is 1. The first kappa shape index (κ1) is 35.2. The van der Waals surface area contributed by atoms with Crippen LogP contribution in [0.2, 0.25) is 10.0 Å². The molecule has 8 nitrogen and oxygen atoms in total. The van der Waals surface area contributed by atoms with E-state index in [-0.39, 0.29) is 44.2 Å². The zero-order valence-corrected chi connectivity index (χ0v) is 28.2. The Morgan fingerprint density at radius 3 is 2.16 bits per heavy atom. The Hall–Kier alpha value is -3.27. The highest BCUT2D eigenvalue weighted by molar-refractivity contribution is 7.92. The molecule has 0 aliphatic carbocycles. The Kier molecular flexibility index (Phi) is 12.5. The second-order valence-corrected chi connectivity index (χ2v) is 14.3. The number of hydrogen-bond acceptors (Lipinski definition) is 5. The van der Waals surface area contributed by atoms with E-state index in [1.165, 1.54) is 4.31 Å². The minimum atomic E-state index is -3.63. The van der Waals surface area contributed by atoms with Crippen molar-refractivity contribution in [1.29, 1.82) is 0 Å². The molecule has 0 saturated heterocycles. The standard InChI is InChI=1S/C33H41Cl2N3O5S/c1-6-43-27-17-15-26(16-18-27)38(44(5,41)42)20-10-13-31(39)37(23-25-14-19-28(34)29(35)21-25)30(32(40)36-33(2,3)4)22-24-11-8-7-9-12-24/h7-9,11-12,14-19,21,30H,6,10,13,20,22-23H2,1-5H3,(H,36,40)/t30-/m0/s1. The molecule has 0 aromatic heterocycles. The van der Waals surface area contributed by atoms with Crippen molar-refractivity contribution in [2.75, 3.05) is 23.7 Å². The molecule has 0 aliphatic heterocycles. The molecule has 44 heavy (non-hydrogen) atoms. The molecule has 0 spiro atoms. The largest absolute Gasteiger partial charge is 0.494 e. The van der Waals surface area contributed by atoms with Gasteiger partial charge in [0.15, 0.2) is 0 Å². The molecule has 3 rings (SSSR count). The van der Waals surface area contributed by atoms with E-state index in [4.69, 9.17) is 27.9 Å². The van der Waals surface area contributed by atoms with Crippen molar-refractivity contribution in [3.63, 3.8) is 0 Å². The average Bonchev–Trinajstić information content (AvgIpc) is 2.94. The fraction of sp³-hybridized carbons (Fsp3) is 0.394. The number of carbonyl (C=O) groups excluding carboxylic acids is 2. The summed E-state index contributed by atoms with van der Waals surface area (Å²) in [6.07, 6.45) is 1.67. The predicted molar refractivity (Wildman–Crippen MR) is 178 cm³/mol. The number of anilines is 1. The van der Waals surface area contributed by atoms with Gasteiger partial charge in [0.05, 0.1) is 28.6 Å². The van der Waals surface area contributed by atoms with Gasteiger partial charge in [-0.15, -0.1) is 0 Å². The molecule has 0 fully saturated rings. The number of rotatable bonds is 14. The van der Waals surface area contributed by atoms with Gasteiger partial charge in [-0.05, 0) is 81.6 Å². The van der Waals surface area contributed by atoms with E-state index in [2.05, 4.69) is 5.32 Å². The maximum atomic E-state index is 14.0. The van der Waals surface area contributed by atoms with Crippen LogP contribution in [0.3, 0.4) is 0 Å². The van der Waals surface area contributed by atoms with E-state index >= 15 is 0 Å². The minimum Gasteiger partial charge on any atom is -0.494 e. The fourth-order valence-electron chi connectivity index (χ4n) is 4.72.